The summed E-state index contributed by atoms with van der Waals surface area (Å²) in [5.74, 6) is 2.43. The molecule has 1 amide bonds. The van der Waals surface area contributed by atoms with E-state index in [2.05, 4.69) is 16.2 Å². The molecule has 0 bridgehead atoms. The van der Waals surface area contributed by atoms with Crippen molar-refractivity contribution in [2.24, 2.45) is 0 Å². The third-order valence-corrected chi connectivity index (χ3v) is 1.93. The number of carbonyl (C=O) groups excluding carboxylic acids is 1. The number of unbranched alkanes of at least 4 members (excludes halogenated alkanes) is 2. The normalized spacial score (nSPS) is 9.27. The van der Waals surface area contributed by atoms with Gasteiger partial charge < -0.3 is 5.32 Å². The van der Waals surface area contributed by atoms with E-state index in [4.69, 9.17) is 6.42 Å². The number of rotatable bonds is 5. The SMILES string of the molecule is C#CCCCCNC(=O)c1ccccn1. The van der Waals surface area contributed by atoms with Gasteiger partial charge in [0.25, 0.3) is 5.91 Å². The predicted molar refractivity (Wildman–Crippen MR) is 59.3 cm³/mol. The molecule has 1 N–H and O–H groups in total. The molecule has 0 fully saturated rings. The third-order valence-electron chi connectivity index (χ3n) is 1.93. The van der Waals surface area contributed by atoms with Crippen molar-refractivity contribution < 1.29 is 4.79 Å². The second kappa shape index (κ2) is 6.61. The Bertz CT molecular complexity index is 340. The summed E-state index contributed by atoms with van der Waals surface area (Å²) in [7, 11) is 0. The predicted octanol–water partition coefficient (Wildman–Crippen LogP) is 1.61. The molecular weight excluding hydrogens is 188 g/mol. The van der Waals surface area contributed by atoms with E-state index in [9.17, 15) is 4.79 Å². The van der Waals surface area contributed by atoms with Crippen LogP contribution in [-0.2, 0) is 0 Å². The summed E-state index contributed by atoms with van der Waals surface area (Å²) < 4.78 is 0. The number of aromatic nitrogens is 1. The first kappa shape index (κ1) is 11.3. The van der Waals surface area contributed by atoms with E-state index in [0.717, 1.165) is 19.3 Å². The van der Waals surface area contributed by atoms with Gasteiger partial charge in [-0.3, -0.25) is 9.78 Å². The number of amides is 1. The molecule has 0 aromatic carbocycles. The molecule has 78 valence electrons. The molecule has 3 heteroatoms. The molecule has 0 aliphatic rings. The molecule has 0 aliphatic heterocycles. The van der Waals surface area contributed by atoms with Gasteiger partial charge in [0.1, 0.15) is 5.69 Å². The molecule has 0 radical (unpaired) electrons. The molecule has 0 spiro atoms. The van der Waals surface area contributed by atoms with Crippen molar-refractivity contribution in [3.8, 4) is 12.3 Å². The summed E-state index contributed by atoms with van der Waals surface area (Å²) in [4.78, 5) is 15.4. The molecule has 1 heterocycles. The molecule has 0 saturated carbocycles. The van der Waals surface area contributed by atoms with Gasteiger partial charge in [-0.2, -0.15) is 0 Å². The number of terminal acetylenes is 1. The van der Waals surface area contributed by atoms with Gasteiger partial charge in [0.15, 0.2) is 0 Å². The molecule has 0 atom stereocenters. The van der Waals surface area contributed by atoms with Crippen LogP contribution in [0.2, 0.25) is 0 Å². The quantitative estimate of drug-likeness (QED) is 0.582. The zero-order chi connectivity index (χ0) is 10.9. The van der Waals surface area contributed by atoms with Crippen molar-refractivity contribution in [1.82, 2.24) is 10.3 Å². The van der Waals surface area contributed by atoms with Crippen molar-refractivity contribution in [2.75, 3.05) is 6.54 Å². The topological polar surface area (TPSA) is 42.0 Å². The number of carbonyl (C=O) groups is 1. The van der Waals surface area contributed by atoms with Crippen molar-refractivity contribution in [1.29, 1.82) is 0 Å². The summed E-state index contributed by atoms with van der Waals surface area (Å²) in [6.45, 7) is 0.650. The van der Waals surface area contributed by atoms with Crippen LogP contribution in [0.15, 0.2) is 24.4 Å². The second-order valence-corrected chi connectivity index (χ2v) is 3.13. The Labute approximate surface area is 89.9 Å². The first-order valence-electron chi connectivity index (χ1n) is 4.97. The van der Waals surface area contributed by atoms with Crippen LogP contribution in [0.1, 0.15) is 29.8 Å². The number of hydrogen-bond acceptors (Lipinski definition) is 2. The molecule has 1 aromatic heterocycles. The molecule has 1 aromatic rings. The standard InChI is InChI=1S/C12H14N2O/c1-2-3-4-6-10-14-12(15)11-8-5-7-9-13-11/h1,5,7-9H,3-4,6,10H2,(H,14,15). The lowest BCUT2D eigenvalue weighted by molar-refractivity contribution is 0.0948. The van der Waals surface area contributed by atoms with E-state index >= 15 is 0 Å². The lowest BCUT2D eigenvalue weighted by Crippen LogP contribution is -2.25. The first-order chi connectivity index (χ1) is 7.34. The number of hydrogen-bond donors (Lipinski definition) is 1. The highest BCUT2D eigenvalue weighted by atomic mass is 16.1. The number of nitrogens with one attached hydrogen (secondary N) is 1. The second-order valence-electron chi connectivity index (χ2n) is 3.13. The summed E-state index contributed by atoms with van der Waals surface area (Å²) in [5, 5.41) is 2.79. The molecule has 0 saturated heterocycles. The smallest absolute Gasteiger partial charge is 0.269 e. The molecule has 0 unspecified atom stereocenters. The Hall–Kier alpha value is -1.82. The minimum absolute atomic E-state index is 0.128. The van der Waals surface area contributed by atoms with Crippen molar-refractivity contribution in [2.45, 2.75) is 19.3 Å². The van der Waals surface area contributed by atoms with Gasteiger partial charge in [-0.1, -0.05) is 6.07 Å². The first-order valence-corrected chi connectivity index (χ1v) is 4.97. The summed E-state index contributed by atoms with van der Waals surface area (Å²) >= 11 is 0. The van der Waals surface area contributed by atoms with Crippen LogP contribution in [0, 0.1) is 12.3 Å². The third kappa shape index (κ3) is 4.28. The fraction of sp³-hybridized carbons (Fsp3) is 0.333. The molecule has 15 heavy (non-hydrogen) atoms. The van der Waals surface area contributed by atoms with E-state index in [0.29, 0.717) is 12.2 Å². The van der Waals surface area contributed by atoms with Crippen LogP contribution >= 0.6 is 0 Å². The Morgan fingerprint density at radius 3 is 3.00 bits per heavy atom. The Morgan fingerprint density at radius 1 is 1.47 bits per heavy atom. The average Bonchev–Trinajstić information content (AvgIpc) is 2.30. The monoisotopic (exact) mass is 202 g/mol. The van der Waals surface area contributed by atoms with Crippen LogP contribution in [0.3, 0.4) is 0 Å². The lowest BCUT2D eigenvalue weighted by atomic mass is 10.2. The van der Waals surface area contributed by atoms with Gasteiger partial charge in [-0.05, 0) is 25.0 Å². The van der Waals surface area contributed by atoms with Crippen LogP contribution in [0.25, 0.3) is 0 Å². The van der Waals surface area contributed by atoms with Gasteiger partial charge in [0.2, 0.25) is 0 Å². The molecular formula is C12H14N2O. The Balaban J connectivity index is 2.23. The van der Waals surface area contributed by atoms with Crippen LogP contribution < -0.4 is 5.32 Å². The van der Waals surface area contributed by atoms with Gasteiger partial charge in [-0.15, -0.1) is 12.3 Å². The fourth-order valence-corrected chi connectivity index (χ4v) is 1.14. The Kier molecular flexibility index (Phi) is 4.96. The van der Waals surface area contributed by atoms with Crippen LogP contribution in [-0.4, -0.2) is 17.4 Å². The van der Waals surface area contributed by atoms with E-state index in [-0.39, 0.29) is 5.91 Å². The maximum atomic E-state index is 11.5. The van der Waals surface area contributed by atoms with Crippen molar-refractivity contribution in [3.63, 3.8) is 0 Å². The van der Waals surface area contributed by atoms with Crippen LogP contribution in [0.4, 0.5) is 0 Å². The maximum absolute atomic E-state index is 11.5. The van der Waals surface area contributed by atoms with E-state index in [1.54, 1.807) is 24.4 Å². The maximum Gasteiger partial charge on any atom is 0.269 e. The van der Waals surface area contributed by atoms with E-state index in [1.165, 1.54) is 0 Å². The van der Waals surface area contributed by atoms with Gasteiger partial charge in [0.05, 0.1) is 0 Å². The zero-order valence-corrected chi connectivity index (χ0v) is 8.57. The van der Waals surface area contributed by atoms with Crippen molar-refractivity contribution >= 4 is 5.91 Å². The van der Waals surface area contributed by atoms with Gasteiger partial charge >= 0.3 is 0 Å². The number of pyridine rings is 1. The van der Waals surface area contributed by atoms with E-state index in [1.807, 2.05) is 0 Å². The highest BCUT2D eigenvalue weighted by Gasteiger charge is 2.03. The van der Waals surface area contributed by atoms with Gasteiger partial charge in [0, 0.05) is 19.2 Å². The zero-order valence-electron chi connectivity index (χ0n) is 8.57. The lowest BCUT2D eigenvalue weighted by Gasteiger charge is -2.02. The van der Waals surface area contributed by atoms with Crippen molar-refractivity contribution in [3.05, 3.63) is 30.1 Å². The highest BCUT2D eigenvalue weighted by Crippen LogP contribution is 1.95. The summed E-state index contributed by atoms with van der Waals surface area (Å²) in [6.07, 6.45) is 9.33. The average molecular weight is 202 g/mol. The molecule has 3 nitrogen and oxygen atoms in total. The molecule has 0 aliphatic carbocycles. The molecule has 1 rings (SSSR count). The summed E-state index contributed by atoms with van der Waals surface area (Å²) in [6, 6.07) is 5.26. The number of nitrogens with zero attached hydrogens (tertiary/aromatic N) is 1. The highest BCUT2D eigenvalue weighted by molar-refractivity contribution is 5.92. The fourth-order valence-electron chi connectivity index (χ4n) is 1.14. The van der Waals surface area contributed by atoms with Gasteiger partial charge in [-0.25, -0.2) is 0 Å². The van der Waals surface area contributed by atoms with E-state index < -0.39 is 0 Å². The Morgan fingerprint density at radius 2 is 2.33 bits per heavy atom. The summed E-state index contributed by atoms with van der Waals surface area (Å²) in [5.41, 5.74) is 0.453. The minimum atomic E-state index is -0.128. The van der Waals surface area contributed by atoms with Crippen LogP contribution in [0.5, 0.6) is 0 Å². The largest absolute Gasteiger partial charge is 0.351 e. The minimum Gasteiger partial charge on any atom is -0.351 e.